The molecule has 0 saturated carbocycles. The van der Waals surface area contributed by atoms with E-state index in [4.69, 9.17) is 15.0 Å². The van der Waals surface area contributed by atoms with Crippen LogP contribution in [0.15, 0.2) is 97.2 Å². The number of nitrogens with zero attached hydrogens (tertiary/aromatic N) is 4. The topological polar surface area (TPSA) is 52.8 Å². The van der Waals surface area contributed by atoms with Crippen molar-refractivity contribution in [3.63, 3.8) is 0 Å². The molecule has 8 rings (SSSR count). The van der Waals surface area contributed by atoms with Gasteiger partial charge in [-0.1, -0.05) is 89.9 Å². The van der Waals surface area contributed by atoms with Crippen LogP contribution in [0.1, 0.15) is 0 Å². The molecule has 170 valence electrons. The zero-order valence-electron chi connectivity index (χ0n) is 18.8. The Morgan fingerprint density at radius 2 is 1.25 bits per heavy atom. The van der Waals surface area contributed by atoms with Gasteiger partial charge in [-0.05, 0) is 27.9 Å². The number of fused-ring (bicyclic) bond motifs is 9. The first-order valence-corrected chi connectivity index (χ1v) is 11.6. The summed E-state index contributed by atoms with van der Waals surface area (Å²) >= 11 is 0. The molecule has 4 heterocycles. The Balaban J connectivity index is 0.00000220. The molecule has 0 saturated heterocycles. The molecule has 0 amide bonds. The maximum absolute atomic E-state index is 5.19. The standard InChI is InChI=1S/C31H16N4.Pt/c1-2-4-18(5-3-1)22-14-23-16-24(15-22)31-32-17-27(35-31)26-13-11-21-9-7-19-6-8-20-10-12-25(23)33-29(20)28(19)30(21)34-26;/h1-15,17H;/q-2;+2. The molecule has 0 spiro atoms. The Kier molecular flexibility index (Phi) is 4.67. The molecular weight excluding hydrogens is 623 g/mol. The molecule has 0 fully saturated rings. The predicted molar refractivity (Wildman–Crippen MR) is 142 cm³/mol. The summed E-state index contributed by atoms with van der Waals surface area (Å²) in [4.78, 5) is 19.8. The monoisotopic (exact) mass is 639 g/mol. The molecule has 0 aliphatic rings. The van der Waals surface area contributed by atoms with Gasteiger partial charge in [-0.15, -0.1) is 29.2 Å². The van der Waals surface area contributed by atoms with Crippen molar-refractivity contribution in [3.05, 3.63) is 103 Å². The van der Waals surface area contributed by atoms with Crippen LogP contribution in [0.3, 0.4) is 0 Å². The van der Waals surface area contributed by atoms with Gasteiger partial charge in [0, 0.05) is 16.3 Å². The second-order valence-corrected chi connectivity index (χ2v) is 8.91. The Bertz CT molecular complexity index is 2110. The number of pyridine rings is 2. The molecule has 0 aliphatic heterocycles. The Hall–Kier alpha value is -4.14. The van der Waals surface area contributed by atoms with E-state index in [9.17, 15) is 0 Å². The van der Waals surface area contributed by atoms with Crippen molar-refractivity contribution >= 4 is 65.5 Å². The molecule has 4 aromatic carbocycles. The van der Waals surface area contributed by atoms with E-state index < -0.39 is 0 Å². The summed E-state index contributed by atoms with van der Waals surface area (Å²) in [6, 6.07) is 35.0. The molecule has 8 aromatic rings. The van der Waals surface area contributed by atoms with Crippen LogP contribution in [-0.4, -0.2) is 15.0 Å². The van der Waals surface area contributed by atoms with Gasteiger partial charge in [0.1, 0.15) is 0 Å². The third-order valence-electron chi connectivity index (χ3n) is 6.79. The number of hydrogen-bond acceptors (Lipinski definition) is 3. The first-order valence-electron chi connectivity index (χ1n) is 11.6. The summed E-state index contributed by atoms with van der Waals surface area (Å²) in [5, 5.41) is 6.09. The summed E-state index contributed by atoms with van der Waals surface area (Å²) in [5.74, 6) is 0. The van der Waals surface area contributed by atoms with Gasteiger partial charge in [0.2, 0.25) is 0 Å². The van der Waals surface area contributed by atoms with E-state index in [2.05, 4.69) is 89.9 Å². The van der Waals surface area contributed by atoms with E-state index in [1.54, 1.807) is 6.20 Å². The van der Waals surface area contributed by atoms with Crippen LogP contribution in [0.5, 0.6) is 0 Å². The van der Waals surface area contributed by atoms with Gasteiger partial charge in [-0.2, -0.15) is 0 Å². The molecule has 36 heavy (non-hydrogen) atoms. The number of rotatable bonds is 1. The third kappa shape index (κ3) is 3.15. The van der Waals surface area contributed by atoms with Gasteiger partial charge < -0.3 is 9.97 Å². The van der Waals surface area contributed by atoms with Crippen molar-refractivity contribution in [1.82, 2.24) is 19.9 Å². The number of imidazole rings is 1. The zero-order valence-corrected chi connectivity index (χ0v) is 21.1. The molecule has 0 unspecified atom stereocenters. The minimum absolute atomic E-state index is 0. The minimum atomic E-state index is 0. The zero-order chi connectivity index (χ0) is 22.9. The van der Waals surface area contributed by atoms with Crippen LogP contribution >= 0.6 is 0 Å². The first-order chi connectivity index (χ1) is 17.3. The molecule has 8 bridgehead atoms. The fourth-order valence-corrected chi connectivity index (χ4v) is 5.04. The van der Waals surface area contributed by atoms with Crippen LogP contribution in [0, 0.1) is 6.07 Å². The van der Waals surface area contributed by atoms with Crippen molar-refractivity contribution < 1.29 is 21.1 Å². The van der Waals surface area contributed by atoms with E-state index in [-0.39, 0.29) is 21.1 Å². The SMILES string of the molecule is [Pt+2].[c-]1c2cc(-c3ccccc3)cc1c1ncc([n-]1)c1ccc3ccc4ccc5ccc2nc5c4c3n1. The van der Waals surface area contributed by atoms with Crippen molar-refractivity contribution in [1.29, 1.82) is 0 Å². The van der Waals surface area contributed by atoms with Crippen molar-refractivity contribution in [2.24, 2.45) is 0 Å². The largest absolute Gasteiger partial charge is 2.00 e. The van der Waals surface area contributed by atoms with E-state index in [0.717, 1.165) is 71.0 Å². The minimum Gasteiger partial charge on any atom is -0.479 e. The summed E-state index contributed by atoms with van der Waals surface area (Å²) in [6.45, 7) is 0. The average molecular weight is 640 g/mol. The maximum atomic E-state index is 5.19. The second kappa shape index (κ2) is 7.94. The first kappa shape index (κ1) is 21.2. The number of benzene rings is 4. The summed E-state index contributed by atoms with van der Waals surface area (Å²) in [5.41, 5.74) is 7.14. The van der Waals surface area contributed by atoms with Crippen LogP contribution < -0.4 is 4.98 Å². The molecule has 4 nitrogen and oxygen atoms in total. The fraction of sp³-hybridized carbons (Fsp3) is 0. The van der Waals surface area contributed by atoms with E-state index in [0.29, 0.717) is 5.65 Å². The predicted octanol–water partition coefficient (Wildman–Crippen LogP) is 7.21. The molecule has 4 aromatic heterocycles. The smallest absolute Gasteiger partial charge is 0.479 e. The van der Waals surface area contributed by atoms with Crippen LogP contribution in [0.4, 0.5) is 0 Å². The Labute approximate surface area is 220 Å². The quantitative estimate of drug-likeness (QED) is 0.141. The number of aromatic nitrogens is 4. The molecule has 5 heteroatoms. The second-order valence-electron chi connectivity index (χ2n) is 8.91. The van der Waals surface area contributed by atoms with Crippen molar-refractivity contribution in [2.75, 3.05) is 0 Å². The van der Waals surface area contributed by atoms with Crippen LogP contribution in [-0.2, 0) is 21.1 Å². The summed E-state index contributed by atoms with van der Waals surface area (Å²) in [6.07, 6.45) is 1.80. The molecule has 0 aliphatic carbocycles. The van der Waals surface area contributed by atoms with E-state index >= 15 is 0 Å². The third-order valence-corrected chi connectivity index (χ3v) is 6.79. The maximum Gasteiger partial charge on any atom is 2.00 e. The van der Waals surface area contributed by atoms with Crippen molar-refractivity contribution in [3.8, 4) is 11.1 Å². The molecule has 0 N–H and O–H groups in total. The van der Waals surface area contributed by atoms with E-state index in [1.807, 2.05) is 12.1 Å². The van der Waals surface area contributed by atoms with Gasteiger partial charge in [0.15, 0.2) is 0 Å². The fourth-order valence-electron chi connectivity index (χ4n) is 5.04. The average Bonchev–Trinajstić information content (AvgIpc) is 3.42. The van der Waals surface area contributed by atoms with Crippen molar-refractivity contribution in [2.45, 2.75) is 0 Å². The molecular formula is C31H16N4Pt. The summed E-state index contributed by atoms with van der Waals surface area (Å²) in [7, 11) is 0. The Morgan fingerprint density at radius 1 is 0.611 bits per heavy atom. The Morgan fingerprint density at radius 3 is 2.03 bits per heavy atom. The normalized spacial score (nSPS) is 11.7. The molecule has 0 atom stereocenters. The van der Waals surface area contributed by atoms with Gasteiger partial charge >= 0.3 is 21.1 Å². The van der Waals surface area contributed by atoms with Crippen LogP contribution in [0.2, 0.25) is 0 Å². The molecule has 0 radical (unpaired) electrons. The van der Waals surface area contributed by atoms with Gasteiger partial charge in [0.05, 0.1) is 16.6 Å². The van der Waals surface area contributed by atoms with Gasteiger partial charge in [-0.3, -0.25) is 4.98 Å². The number of hydrogen-bond donors (Lipinski definition) is 0. The van der Waals surface area contributed by atoms with E-state index in [1.165, 1.54) is 0 Å². The summed E-state index contributed by atoms with van der Waals surface area (Å²) < 4.78 is 0. The van der Waals surface area contributed by atoms with Crippen LogP contribution in [0.25, 0.3) is 76.7 Å². The van der Waals surface area contributed by atoms with Gasteiger partial charge in [0.25, 0.3) is 0 Å². The van der Waals surface area contributed by atoms with Gasteiger partial charge in [-0.25, -0.2) is 4.98 Å².